The van der Waals surface area contributed by atoms with Crippen molar-refractivity contribution in [1.29, 1.82) is 0 Å². The fourth-order valence-corrected chi connectivity index (χ4v) is 1.17. The topological polar surface area (TPSA) is 41.6 Å². The molecule has 1 aromatic heterocycles. The first-order valence-electron chi connectivity index (χ1n) is 3.45. The van der Waals surface area contributed by atoms with Crippen molar-refractivity contribution in [1.82, 2.24) is 15.4 Å². The van der Waals surface area contributed by atoms with Gasteiger partial charge in [-0.25, -0.2) is 0 Å². The summed E-state index contributed by atoms with van der Waals surface area (Å²) in [6.45, 7) is 2.18. The van der Waals surface area contributed by atoms with Gasteiger partial charge in [0.1, 0.15) is 5.35 Å². The molecule has 0 saturated carbocycles. The molecule has 1 aliphatic carbocycles. The van der Waals surface area contributed by atoms with Crippen LogP contribution in [0, 0.1) is 5.92 Å². The maximum atomic E-state index is 3.90. The minimum Gasteiger partial charge on any atom is -0.258 e. The number of H-pyrrole nitrogens is 1. The van der Waals surface area contributed by atoms with Crippen LogP contribution < -0.4 is 10.7 Å². The molecule has 10 heavy (non-hydrogen) atoms. The first-order valence-corrected chi connectivity index (χ1v) is 3.45. The molecule has 0 amide bonds. The van der Waals surface area contributed by atoms with Crippen molar-refractivity contribution in [3.63, 3.8) is 0 Å². The molecule has 0 aliphatic heterocycles. The smallest absolute Gasteiger partial charge is 0.108 e. The van der Waals surface area contributed by atoms with Crippen LogP contribution in [0.4, 0.5) is 0 Å². The van der Waals surface area contributed by atoms with Crippen molar-refractivity contribution in [3.8, 4) is 0 Å². The normalized spacial score (nSPS) is 22.7. The number of aromatic nitrogens is 3. The third kappa shape index (κ3) is 0.744. The zero-order valence-electron chi connectivity index (χ0n) is 5.83. The van der Waals surface area contributed by atoms with Crippen molar-refractivity contribution < 1.29 is 0 Å². The highest BCUT2D eigenvalue weighted by Crippen LogP contribution is 2.04. The molecular weight excluding hydrogens is 126 g/mol. The zero-order valence-corrected chi connectivity index (χ0v) is 5.83. The van der Waals surface area contributed by atoms with Gasteiger partial charge in [-0.2, -0.15) is 0 Å². The first kappa shape index (κ1) is 5.65. The average Bonchev–Trinajstić information content (AvgIpc) is 2.33. The summed E-state index contributed by atoms with van der Waals surface area (Å²) in [5, 5.41) is 12.5. The third-order valence-corrected chi connectivity index (χ3v) is 1.74. The van der Waals surface area contributed by atoms with E-state index in [1.807, 2.05) is 0 Å². The summed E-state index contributed by atoms with van der Waals surface area (Å²) in [6.07, 6.45) is 5.36. The molecule has 0 fully saturated rings. The second-order valence-electron chi connectivity index (χ2n) is 2.69. The second kappa shape index (κ2) is 1.94. The third-order valence-electron chi connectivity index (χ3n) is 1.74. The Balaban J connectivity index is 2.73. The Morgan fingerprint density at radius 2 is 2.60 bits per heavy atom. The molecule has 0 bridgehead atoms. The Kier molecular flexibility index (Phi) is 1.09. The lowest BCUT2D eigenvalue weighted by Gasteiger charge is -2.01. The number of aromatic amines is 1. The molecule has 1 aliphatic rings. The monoisotopic (exact) mass is 135 g/mol. The van der Waals surface area contributed by atoms with Crippen molar-refractivity contribution in [2.75, 3.05) is 0 Å². The van der Waals surface area contributed by atoms with Crippen LogP contribution in [0.25, 0.3) is 12.2 Å². The maximum absolute atomic E-state index is 3.90. The van der Waals surface area contributed by atoms with Crippen LogP contribution in [0.1, 0.15) is 13.3 Å². The van der Waals surface area contributed by atoms with Crippen molar-refractivity contribution in [2.45, 2.75) is 13.3 Å². The minimum absolute atomic E-state index is 0.620. The van der Waals surface area contributed by atoms with E-state index in [9.17, 15) is 0 Å². The van der Waals surface area contributed by atoms with Gasteiger partial charge in [0.2, 0.25) is 0 Å². The predicted octanol–water partition coefficient (Wildman–Crippen LogP) is -0.595. The quantitative estimate of drug-likeness (QED) is 0.516. The number of nitrogens with one attached hydrogen (secondary N) is 1. The average molecular weight is 135 g/mol. The summed E-state index contributed by atoms with van der Waals surface area (Å²) in [5.41, 5.74) is 0. The van der Waals surface area contributed by atoms with Crippen LogP contribution in [0.15, 0.2) is 0 Å². The van der Waals surface area contributed by atoms with Gasteiger partial charge in [0, 0.05) is 0 Å². The lowest BCUT2D eigenvalue weighted by Crippen LogP contribution is -2.28. The number of hydrogen-bond donors (Lipinski definition) is 1. The fraction of sp³-hybridized carbons (Fsp3) is 0.429. The van der Waals surface area contributed by atoms with Gasteiger partial charge in [0.25, 0.3) is 0 Å². The van der Waals surface area contributed by atoms with E-state index in [-0.39, 0.29) is 0 Å². The van der Waals surface area contributed by atoms with E-state index in [1.165, 1.54) is 0 Å². The summed E-state index contributed by atoms with van der Waals surface area (Å²) in [6, 6.07) is 0. The summed E-state index contributed by atoms with van der Waals surface area (Å²) < 4.78 is 0. The number of fused-ring (bicyclic) bond motifs is 1. The van der Waals surface area contributed by atoms with E-state index in [1.54, 1.807) is 0 Å². The van der Waals surface area contributed by atoms with Crippen molar-refractivity contribution in [3.05, 3.63) is 10.7 Å². The molecule has 1 aromatic rings. The highest BCUT2D eigenvalue weighted by molar-refractivity contribution is 5.34. The van der Waals surface area contributed by atoms with Crippen LogP contribution in [-0.4, -0.2) is 15.4 Å². The minimum atomic E-state index is 0.620. The predicted molar refractivity (Wildman–Crippen MR) is 38.3 cm³/mol. The van der Waals surface area contributed by atoms with E-state index >= 15 is 0 Å². The molecule has 0 spiro atoms. The van der Waals surface area contributed by atoms with Gasteiger partial charge in [0.15, 0.2) is 0 Å². The molecule has 1 N–H and O–H groups in total. The molecular formula is C7H9N3. The van der Waals surface area contributed by atoms with Gasteiger partial charge < -0.3 is 0 Å². The molecule has 1 unspecified atom stereocenters. The van der Waals surface area contributed by atoms with Gasteiger partial charge in [-0.05, 0) is 12.3 Å². The summed E-state index contributed by atoms with van der Waals surface area (Å²) in [5.74, 6) is 0.620. The fourth-order valence-electron chi connectivity index (χ4n) is 1.17. The van der Waals surface area contributed by atoms with Crippen LogP contribution in [0.5, 0.6) is 0 Å². The van der Waals surface area contributed by atoms with Gasteiger partial charge in [-0.15, -0.1) is 5.10 Å². The SMILES string of the molecule is CC1C=c2[nH]nnc2=CC1. The van der Waals surface area contributed by atoms with Gasteiger partial charge in [0.05, 0.1) is 5.35 Å². The van der Waals surface area contributed by atoms with Gasteiger partial charge in [-0.1, -0.05) is 24.3 Å². The van der Waals surface area contributed by atoms with E-state index in [0.717, 1.165) is 17.1 Å². The van der Waals surface area contributed by atoms with Crippen molar-refractivity contribution >= 4 is 12.2 Å². The molecule has 3 heteroatoms. The molecule has 1 heterocycles. The van der Waals surface area contributed by atoms with Crippen LogP contribution >= 0.6 is 0 Å². The van der Waals surface area contributed by atoms with Crippen molar-refractivity contribution in [2.24, 2.45) is 5.92 Å². The number of rotatable bonds is 0. The Labute approximate surface area is 58.5 Å². The highest BCUT2D eigenvalue weighted by atomic mass is 15.3. The Morgan fingerprint density at radius 3 is 3.50 bits per heavy atom. The number of nitrogens with zero attached hydrogens (tertiary/aromatic N) is 2. The largest absolute Gasteiger partial charge is 0.258 e. The Morgan fingerprint density at radius 1 is 1.70 bits per heavy atom. The summed E-state index contributed by atoms with van der Waals surface area (Å²) in [4.78, 5) is 0. The zero-order chi connectivity index (χ0) is 6.97. The molecule has 0 saturated heterocycles. The second-order valence-corrected chi connectivity index (χ2v) is 2.69. The first-order chi connectivity index (χ1) is 4.86. The van der Waals surface area contributed by atoms with Crippen LogP contribution in [-0.2, 0) is 0 Å². The summed E-state index contributed by atoms with van der Waals surface area (Å²) >= 11 is 0. The van der Waals surface area contributed by atoms with Gasteiger partial charge in [-0.3, -0.25) is 5.10 Å². The summed E-state index contributed by atoms with van der Waals surface area (Å²) in [7, 11) is 0. The maximum Gasteiger partial charge on any atom is 0.108 e. The van der Waals surface area contributed by atoms with E-state index in [2.05, 4.69) is 34.5 Å². The van der Waals surface area contributed by atoms with Crippen LogP contribution in [0.2, 0.25) is 0 Å². The van der Waals surface area contributed by atoms with E-state index in [4.69, 9.17) is 0 Å². The molecule has 2 rings (SSSR count). The number of hydrogen-bond acceptors (Lipinski definition) is 2. The Hall–Kier alpha value is -1.12. The molecule has 1 atom stereocenters. The van der Waals surface area contributed by atoms with Gasteiger partial charge >= 0.3 is 0 Å². The molecule has 0 radical (unpaired) electrons. The highest BCUT2D eigenvalue weighted by Gasteiger charge is 2.01. The van der Waals surface area contributed by atoms with E-state index in [0.29, 0.717) is 5.92 Å². The molecule has 0 aromatic carbocycles. The molecule has 3 nitrogen and oxygen atoms in total. The lowest BCUT2D eigenvalue weighted by molar-refractivity contribution is 0.795. The molecule has 52 valence electrons. The van der Waals surface area contributed by atoms with Crippen LogP contribution in [0.3, 0.4) is 0 Å². The Bertz CT molecular complexity index is 336. The van der Waals surface area contributed by atoms with E-state index < -0.39 is 0 Å². The standard InChI is InChI=1S/C7H9N3/c1-5-2-3-6-7(4-5)9-10-8-6/h3-5H,2H2,1H3,(H,8,9). The lowest BCUT2D eigenvalue weighted by atomic mass is 10.0.